The van der Waals surface area contributed by atoms with Crippen LogP contribution in [0.15, 0.2) is 48.8 Å². The molecule has 11 nitrogen and oxygen atoms in total. The molecule has 45 heavy (non-hydrogen) atoms. The first-order valence-corrected chi connectivity index (χ1v) is 15.3. The number of amides is 1. The van der Waals surface area contributed by atoms with Gasteiger partial charge in [0.1, 0.15) is 35.8 Å². The monoisotopic (exact) mass is 639 g/mol. The Bertz CT molecular complexity index is 1570. The van der Waals surface area contributed by atoms with Crippen LogP contribution < -0.4 is 15.4 Å². The highest BCUT2D eigenvalue weighted by atomic mass is 35.5. The van der Waals surface area contributed by atoms with Crippen LogP contribution in [0.3, 0.4) is 0 Å². The van der Waals surface area contributed by atoms with Crippen molar-refractivity contribution in [3.8, 4) is 5.75 Å². The van der Waals surface area contributed by atoms with Gasteiger partial charge in [-0.05, 0) is 69.7 Å². The Morgan fingerprint density at radius 1 is 1.02 bits per heavy atom. The number of likely N-dealkylation sites (tertiary alicyclic amines) is 1. The van der Waals surface area contributed by atoms with Crippen molar-refractivity contribution in [3.63, 3.8) is 0 Å². The molecule has 3 aromatic rings. The van der Waals surface area contributed by atoms with E-state index in [2.05, 4.69) is 20.6 Å². The number of anilines is 3. The lowest BCUT2D eigenvalue weighted by atomic mass is 10.1. The summed E-state index contributed by atoms with van der Waals surface area (Å²) in [6, 6.07) is 6.46. The summed E-state index contributed by atoms with van der Waals surface area (Å²) in [7, 11) is 0. The molecule has 2 aliphatic rings. The van der Waals surface area contributed by atoms with Gasteiger partial charge in [-0.3, -0.25) is 19.3 Å². The third-order valence-corrected chi connectivity index (χ3v) is 7.85. The summed E-state index contributed by atoms with van der Waals surface area (Å²) in [5.74, 6) is -0.461. The summed E-state index contributed by atoms with van der Waals surface area (Å²) >= 11 is 5.96. The number of hydrogen-bond acceptors (Lipinski definition) is 10. The van der Waals surface area contributed by atoms with Crippen LogP contribution in [0, 0.1) is 11.7 Å². The van der Waals surface area contributed by atoms with Gasteiger partial charge in [0, 0.05) is 29.8 Å². The predicted octanol–water partition coefficient (Wildman–Crippen LogP) is 5.41. The summed E-state index contributed by atoms with van der Waals surface area (Å²) < 4.78 is 30.2. The first-order chi connectivity index (χ1) is 21.8. The minimum atomic E-state index is -0.614. The van der Waals surface area contributed by atoms with Crippen molar-refractivity contribution in [1.82, 2.24) is 14.9 Å². The van der Waals surface area contributed by atoms with Crippen molar-refractivity contribution in [2.24, 2.45) is 5.92 Å². The minimum Gasteiger partial charge on any atom is -0.491 e. The van der Waals surface area contributed by atoms with Gasteiger partial charge in [-0.2, -0.15) is 0 Å². The molecule has 2 fully saturated rings. The van der Waals surface area contributed by atoms with E-state index >= 15 is 0 Å². The zero-order chi connectivity index (χ0) is 31.9. The predicted molar refractivity (Wildman–Crippen MR) is 167 cm³/mol. The normalized spacial score (nSPS) is 18.2. The maximum atomic E-state index is 13.7. The SMILES string of the molecule is CCOC(=O)C1CCC(C(=O)OCC)N1CC=CC(=O)Nc1cc2c(Nc3ccc(F)c(Cl)c3)ncnc2cc1OCC1CC1. The van der Waals surface area contributed by atoms with Crippen LogP contribution in [0.25, 0.3) is 10.9 Å². The number of halogens is 2. The van der Waals surface area contributed by atoms with E-state index in [1.54, 1.807) is 37.0 Å². The fourth-order valence-corrected chi connectivity index (χ4v) is 5.34. The van der Waals surface area contributed by atoms with Gasteiger partial charge in [-0.1, -0.05) is 17.7 Å². The number of aromatic nitrogens is 2. The van der Waals surface area contributed by atoms with Gasteiger partial charge in [0.2, 0.25) is 5.91 Å². The summed E-state index contributed by atoms with van der Waals surface area (Å²) in [5.41, 5.74) is 1.50. The molecule has 1 aliphatic carbocycles. The van der Waals surface area contributed by atoms with E-state index in [0.717, 1.165) is 12.8 Å². The van der Waals surface area contributed by atoms with Gasteiger partial charge in [0.25, 0.3) is 0 Å². The Morgan fingerprint density at radius 2 is 1.73 bits per heavy atom. The Balaban J connectivity index is 1.36. The number of fused-ring (bicyclic) bond motifs is 1. The molecule has 1 amide bonds. The average Bonchev–Trinajstić information content (AvgIpc) is 3.75. The molecular formula is C32H35ClFN5O6. The van der Waals surface area contributed by atoms with E-state index < -0.39 is 35.7 Å². The molecule has 2 N–H and O–H groups in total. The average molecular weight is 640 g/mol. The second-order valence-electron chi connectivity index (χ2n) is 10.8. The first kappa shape index (κ1) is 32.1. The third kappa shape index (κ3) is 8.06. The molecule has 5 rings (SSSR count). The number of ether oxygens (including phenoxy) is 3. The molecule has 0 radical (unpaired) electrons. The van der Waals surface area contributed by atoms with Gasteiger partial charge in [0.15, 0.2) is 0 Å². The van der Waals surface area contributed by atoms with Crippen molar-refractivity contribution < 1.29 is 33.0 Å². The second-order valence-corrected chi connectivity index (χ2v) is 11.2. The number of nitrogens with zero attached hydrogens (tertiary/aromatic N) is 3. The van der Waals surface area contributed by atoms with E-state index in [1.165, 1.54) is 30.6 Å². The van der Waals surface area contributed by atoms with Crippen LogP contribution in [0.5, 0.6) is 5.75 Å². The summed E-state index contributed by atoms with van der Waals surface area (Å²) in [6.07, 6.45) is 7.41. The molecule has 2 atom stereocenters. The Morgan fingerprint density at radius 3 is 2.38 bits per heavy atom. The highest BCUT2D eigenvalue weighted by molar-refractivity contribution is 6.31. The van der Waals surface area contributed by atoms with Crippen LogP contribution in [0.1, 0.15) is 39.5 Å². The molecule has 1 aliphatic heterocycles. The van der Waals surface area contributed by atoms with E-state index in [4.69, 9.17) is 25.8 Å². The largest absolute Gasteiger partial charge is 0.491 e. The van der Waals surface area contributed by atoms with Crippen molar-refractivity contribution >= 4 is 57.5 Å². The number of carbonyl (C=O) groups excluding carboxylic acids is 3. The van der Waals surface area contributed by atoms with Gasteiger partial charge in [-0.25, -0.2) is 14.4 Å². The van der Waals surface area contributed by atoms with Gasteiger partial charge in [0.05, 0.1) is 36.0 Å². The number of nitrogens with one attached hydrogen (secondary N) is 2. The highest BCUT2D eigenvalue weighted by Gasteiger charge is 2.42. The van der Waals surface area contributed by atoms with Crippen LogP contribution in [-0.2, 0) is 23.9 Å². The number of esters is 2. The Labute approximate surface area is 265 Å². The minimum absolute atomic E-state index is 0.0371. The molecule has 13 heteroatoms. The fourth-order valence-electron chi connectivity index (χ4n) is 5.16. The van der Waals surface area contributed by atoms with Gasteiger partial charge < -0.3 is 24.8 Å². The van der Waals surface area contributed by atoms with Crippen molar-refractivity contribution in [2.45, 2.75) is 51.6 Å². The van der Waals surface area contributed by atoms with Crippen LogP contribution >= 0.6 is 11.6 Å². The maximum absolute atomic E-state index is 13.7. The number of rotatable bonds is 13. The molecule has 2 unspecified atom stereocenters. The van der Waals surface area contributed by atoms with Crippen molar-refractivity contribution in [2.75, 3.05) is 37.0 Å². The van der Waals surface area contributed by atoms with Crippen LogP contribution in [0.2, 0.25) is 5.02 Å². The lowest BCUT2D eigenvalue weighted by molar-refractivity contribution is -0.153. The Hall–Kier alpha value is -4.29. The summed E-state index contributed by atoms with van der Waals surface area (Å²) in [4.78, 5) is 48.7. The van der Waals surface area contributed by atoms with Crippen molar-refractivity contribution in [1.29, 1.82) is 0 Å². The fraction of sp³-hybridized carbons (Fsp3) is 0.406. The smallest absolute Gasteiger partial charge is 0.323 e. The molecule has 2 aromatic carbocycles. The molecule has 0 spiro atoms. The summed E-state index contributed by atoms with van der Waals surface area (Å²) in [6.45, 7) is 4.57. The quantitative estimate of drug-likeness (QED) is 0.185. The van der Waals surface area contributed by atoms with Crippen LogP contribution in [0.4, 0.5) is 21.6 Å². The first-order valence-electron chi connectivity index (χ1n) is 15.0. The molecule has 238 valence electrons. The molecule has 2 heterocycles. The summed E-state index contributed by atoms with van der Waals surface area (Å²) in [5, 5.41) is 6.56. The van der Waals surface area contributed by atoms with E-state index in [1.807, 2.05) is 0 Å². The third-order valence-electron chi connectivity index (χ3n) is 7.57. The molecule has 1 saturated heterocycles. The number of carbonyl (C=O) groups is 3. The van der Waals surface area contributed by atoms with E-state index in [-0.39, 0.29) is 24.8 Å². The molecule has 1 saturated carbocycles. The van der Waals surface area contributed by atoms with Crippen LogP contribution in [-0.4, -0.2) is 71.2 Å². The van der Waals surface area contributed by atoms with Gasteiger partial charge in [-0.15, -0.1) is 0 Å². The number of hydrogen-bond donors (Lipinski definition) is 2. The van der Waals surface area contributed by atoms with E-state index in [0.29, 0.717) is 59.2 Å². The molecule has 1 aromatic heterocycles. The molecular weight excluding hydrogens is 605 g/mol. The highest BCUT2D eigenvalue weighted by Crippen LogP contribution is 2.36. The standard InChI is InChI=1S/C32H35ClFN5O6/c1-3-43-31(41)26-11-12-27(32(42)44-4-2)39(26)13-5-6-29(40)38-25-15-21-24(16-28(25)45-17-19-7-8-19)35-18-36-30(21)37-20-9-10-23(34)22(33)14-20/h5-6,9-10,14-16,18-19,26-27H,3-4,7-8,11-13,17H2,1-2H3,(H,38,40)(H,35,36,37). The number of benzene rings is 2. The lowest BCUT2D eigenvalue weighted by Crippen LogP contribution is -2.45. The Kier molecular flexibility index (Phi) is 10.5. The maximum Gasteiger partial charge on any atom is 0.323 e. The second kappa shape index (κ2) is 14.7. The van der Waals surface area contributed by atoms with E-state index in [9.17, 15) is 18.8 Å². The van der Waals surface area contributed by atoms with Crippen molar-refractivity contribution in [3.05, 3.63) is 59.7 Å². The zero-order valence-corrected chi connectivity index (χ0v) is 25.8. The lowest BCUT2D eigenvalue weighted by Gasteiger charge is -2.26. The molecule has 0 bridgehead atoms. The van der Waals surface area contributed by atoms with Gasteiger partial charge >= 0.3 is 11.9 Å². The zero-order valence-electron chi connectivity index (χ0n) is 25.1. The topological polar surface area (TPSA) is 132 Å².